The Morgan fingerprint density at radius 3 is 3.10 bits per heavy atom. The number of hydrogen-bond donors (Lipinski definition) is 0. The van der Waals surface area contributed by atoms with E-state index in [9.17, 15) is 0 Å². The lowest BCUT2D eigenvalue weighted by molar-refractivity contribution is 0.387. The van der Waals surface area contributed by atoms with Crippen molar-refractivity contribution in [2.45, 2.75) is 6.92 Å². The molecule has 0 amide bonds. The molecular weight excluding hydrogens is 130 g/mol. The summed E-state index contributed by atoms with van der Waals surface area (Å²) in [6.07, 6.45) is 2.97. The third kappa shape index (κ3) is 0.586. The minimum atomic E-state index is 0.738. The van der Waals surface area contributed by atoms with Gasteiger partial charge in [-0.3, -0.25) is 4.98 Å². The van der Waals surface area contributed by atoms with Crippen molar-refractivity contribution in [2.24, 2.45) is 0 Å². The van der Waals surface area contributed by atoms with Crippen molar-refractivity contribution in [3.05, 3.63) is 18.3 Å². The predicted molar refractivity (Wildman–Crippen MR) is 33.5 cm³/mol. The molecule has 0 aromatic carbocycles. The number of rotatable bonds is 0. The topological polar surface area (TPSA) is 51.8 Å². The van der Waals surface area contributed by atoms with Crippen LogP contribution in [0.4, 0.5) is 0 Å². The standard InChI is InChI=1S/C6H5N3O/c1-4-6-5(2-7-4)8-3-10-9-6/h2-3H,1H3. The summed E-state index contributed by atoms with van der Waals surface area (Å²) < 4.78 is 4.63. The number of aromatic nitrogens is 3. The summed E-state index contributed by atoms with van der Waals surface area (Å²) >= 11 is 0. The fourth-order valence-corrected chi connectivity index (χ4v) is 0.830. The van der Waals surface area contributed by atoms with Gasteiger partial charge in [-0.15, -0.1) is 0 Å². The average Bonchev–Trinajstić information content (AvgIpc) is 2.34. The average molecular weight is 135 g/mol. The van der Waals surface area contributed by atoms with E-state index in [0.717, 1.165) is 17.1 Å². The molecule has 0 saturated carbocycles. The van der Waals surface area contributed by atoms with Gasteiger partial charge in [0.25, 0.3) is 0 Å². The lowest BCUT2D eigenvalue weighted by Crippen LogP contribution is -1.84. The molecule has 0 bridgehead atoms. The van der Waals surface area contributed by atoms with Crippen LogP contribution >= 0.6 is 0 Å². The molecule has 2 aliphatic heterocycles. The van der Waals surface area contributed by atoms with Gasteiger partial charge in [-0.2, -0.15) is 0 Å². The fraction of sp³-hybridized carbons (Fsp3) is 0.167. The van der Waals surface area contributed by atoms with Crippen LogP contribution in [-0.4, -0.2) is 15.1 Å². The van der Waals surface area contributed by atoms with Crippen LogP contribution in [0.2, 0.25) is 0 Å². The van der Waals surface area contributed by atoms with Crippen molar-refractivity contribution in [1.29, 1.82) is 0 Å². The van der Waals surface area contributed by atoms with Gasteiger partial charge in [0.1, 0.15) is 5.69 Å². The van der Waals surface area contributed by atoms with Crippen molar-refractivity contribution in [1.82, 2.24) is 15.1 Å². The van der Waals surface area contributed by atoms with Crippen LogP contribution in [0.5, 0.6) is 0 Å². The summed E-state index contributed by atoms with van der Waals surface area (Å²) in [6.45, 7) is 1.87. The molecule has 0 saturated heterocycles. The molecule has 2 rings (SSSR count). The van der Waals surface area contributed by atoms with Crippen LogP contribution < -0.4 is 0 Å². The third-order valence-electron chi connectivity index (χ3n) is 1.35. The molecule has 0 aromatic heterocycles. The van der Waals surface area contributed by atoms with Crippen molar-refractivity contribution < 1.29 is 4.52 Å². The summed E-state index contributed by atoms with van der Waals surface area (Å²) in [7, 11) is 0. The Hall–Kier alpha value is -1.45. The van der Waals surface area contributed by atoms with Crippen LogP contribution in [0.1, 0.15) is 5.69 Å². The summed E-state index contributed by atoms with van der Waals surface area (Å²) in [5.41, 5.74) is 2.37. The van der Waals surface area contributed by atoms with Crippen molar-refractivity contribution in [3.8, 4) is 11.4 Å². The van der Waals surface area contributed by atoms with E-state index >= 15 is 0 Å². The lowest BCUT2D eigenvalue weighted by Gasteiger charge is -1.90. The highest BCUT2D eigenvalue weighted by atomic mass is 16.5. The van der Waals surface area contributed by atoms with E-state index in [1.54, 1.807) is 6.20 Å². The molecular formula is C6H5N3O. The number of nitrogens with zero attached hydrogens (tertiary/aromatic N) is 3. The van der Waals surface area contributed by atoms with Gasteiger partial charge >= 0.3 is 0 Å². The molecule has 0 fully saturated rings. The van der Waals surface area contributed by atoms with Crippen LogP contribution in [-0.2, 0) is 0 Å². The first-order chi connectivity index (χ1) is 4.88. The summed E-state index contributed by atoms with van der Waals surface area (Å²) in [4.78, 5) is 7.92. The highest BCUT2D eigenvalue weighted by molar-refractivity contribution is 5.56. The monoisotopic (exact) mass is 135 g/mol. The Labute approximate surface area is 57.2 Å². The zero-order valence-corrected chi connectivity index (χ0v) is 5.40. The number of hydrogen-bond acceptors (Lipinski definition) is 4. The Kier molecular flexibility index (Phi) is 0.943. The Morgan fingerprint density at radius 1 is 1.40 bits per heavy atom. The first-order valence-electron chi connectivity index (χ1n) is 2.89. The van der Waals surface area contributed by atoms with Gasteiger partial charge < -0.3 is 4.52 Å². The quantitative estimate of drug-likeness (QED) is 0.538. The first-order valence-corrected chi connectivity index (χ1v) is 2.89. The highest BCUT2D eigenvalue weighted by Gasteiger charge is 2.09. The molecule has 10 heavy (non-hydrogen) atoms. The Morgan fingerprint density at radius 2 is 2.30 bits per heavy atom. The second-order valence-electron chi connectivity index (χ2n) is 2.01. The van der Waals surface area contributed by atoms with Gasteiger partial charge in [-0.25, -0.2) is 4.98 Å². The normalized spacial score (nSPS) is 10.5. The summed E-state index contributed by atoms with van der Waals surface area (Å²) in [5, 5.41) is 3.74. The molecule has 0 N–H and O–H groups in total. The van der Waals surface area contributed by atoms with Crippen molar-refractivity contribution >= 4 is 0 Å². The molecule has 0 radical (unpaired) electrons. The maximum atomic E-state index is 4.63. The van der Waals surface area contributed by atoms with Gasteiger partial charge in [-0.1, -0.05) is 5.16 Å². The molecule has 0 aliphatic carbocycles. The van der Waals surface area contributed by atoms with Crippen molar-refractivity contribution in [3.63, 3.8) is 0 Å². The number of fused-ring (bicyclic) bond motifs is 1. The second-order valence-corrected chi connectivity index (χ2v) is 2.01. The lowest BCUT2D eigenvalue weighted by atomic mass is 10.3. The molecule has 4 heteroatoms. The zero-order valence-electron chi connectivity index (χ0n) is 5.40. The summed E-state index contributed by atoms with van der Waals surface area (Å²) in [5.74, 6) is 0. The second kappa shape index (κ2) is 1.76. The van der Waals surface area contributed by atoms with E-state index < -0.39 is 0 Å². The molecule has 2 aliphatic rings. The van der Waals surface area contributed by atoms with Gasteiger partial charge in [0.2, 0.25) is 6.39 Å². The molecule has 2 heterocycles. The van der Waals surface area contributed by atoms with E-state index in [1.807, 2.05) is 6.92 Å². The van der Waals surface area contributed by atoms with E-state index in [2.05, 4.69) is 19.6 Å². The van der Waals surface area contributed by atoms with E-state index in [4.69, 9.17) is 0 Å². The molecule has 0 aromatic rings. The molecule has 4 nitrogen and oxygen atoms in total. The van der Waals surface area contributed by atoms with Gasteiger partial charge in [0.15, 0.2) is 5.69 Å². The van der Waals surface area contributed by atoms with Gasteiger partial charge in [-0.05, 0) is 6.92 Å². The minimum absolute atomic E-state index is 0.738. The largest absolute Gasteiger partial charge is 0.344 e. The van der Waals surface area contributed by atoms with Crippen LogP contribution in [0, 0.1) is 6.92 Å². The number of aryl methyl sites for hydroxylation is 1. The Balaban J connectivity index is 2.78. The van der Waals surface area contributed by atoms with Gasteiger partial charge in [0.05, 0.1) is 11.9 Å². The van der Waals surface area contributed by atoms with Crippen molar-refractivity contribution in [2.75, 3.05) is 0 Å². The van der Waals surface area contributed by atoms with Crippen LogP contribution in [0.3, 0.4) is 0 Å². The fourth-order valence-electron chi connectivity index (χ4n) is 0.830. The molecule has 0 spiro atoms. The molecule has 0 atom stereocenters. The van der Waals surface area contributed by atoms with Crippen LogP contribution in [0.15, 0.2) is 17.1 Å². The highest BCUT2D eigenvalue weighted by Crippen LogP contribution is 2.17. The zero-order chi connectivity index (χ0) is 6.97. The summed E-state index contributed by atoms with van der Waals surface area (Å²) in [6, 6.07) is 0. The van der Waals surface area contributed by atoms with Crippen LogP contribution in [0.25, 0.3) is 11.4 Å². The maximum Gasteiger partial charge on any atom is 0.212 e. The van der Waals surface area contributed by atoms with Gasteiger partial charge in [0, 0.05) is 0 Å². The first kappa shape index (κ1) is 5.34. The molecule has 50 valence electrons. The van der Waals surface area contributed by atoms with E-state index in [1.165, 1.54) is 6.39 Å². The smallest absolute Gasteiger partial charge is 0.212 e. The maximum absolute atomic E-state index is 4.63. The Bertz CT molecular complexity index is 317. The van der Waals surface area contributed by atoms with E-state index in [-0.39, 0.29) is 0 Å². The SMILES string of the molecule is Cc1ncc2nconc1-2. The third-order valence-corrected chi connectivity index (χ3v) is 1.35. The predicted octanol–water partition coefficient (Wildman–Crippen LogP) is 0.878. The minimum Gasteiger partial charge on any atom is -0.344 e. The molecule has 0 unspecified atom stereocenters. The van der Waals surface area contributed by atoms with E-state index in [0.29, 0.717) is 0 Å².